The predicted octanol–water partition coefficient (Wildman–Crippen LogP) is 0.335. The second kappa shape index (κ2) is 6.60. The summed E-state index contributed by atoms with van der Waals surface area (Å²) in [6.45, 7) is 3.90. The first-order valence-corrected chi connectivity index (χ1v) is 7.31. The molecule has 2 atom stereocenters. The average molecular weight is 303 g/mol. The normalized spacial score (nSPS) is 20.2. The molecule has 0 radical (unpaired) electrons. The van der Waals surface area contributed by atoms with E-state index in [1.807, 2.05) is 37.3 Å². The molecule has 0 spiro atoms. The highest BCUT2D eigenvalue weighted by Crippen LogP contribution is 2.19. The van der Waals surface area contributed by atoms with Gasteiger partial charge in [0.05, 0.1) is 6.54 Å². The van der Waals surface area contributed by atoms with Gasteiger partial charge in [-0.05, 0) is 18.4 Å². The fourth-order valence-electron chi connectivity index (χ4n) is 2.71. The third-order valence-electron chi connectivity index (χ3n) is 3.97. The zero-order chi connectivity index (χ0) is 16.3. The van der Waals surface area contributed by atoms with Crippen LogP contribution in [0.5, 0.6) is 0 Å². The highest BCUT2D eigenvalue weighted by atomic mass is 16.2. The van der Waals surface area contributed by atoms with Crippen molar-refractivity contribution >= 4 is 17.7 Å². The van der Waals surface area contributed by atoms with Crippen molar-refractivity contribution < 1.29 is 14.4 Å². The van der Waals surface area contributed by atoms with E-state index >= 15 is 0 Å². The van der Waals surface area contributed by atoms with Crippen LogP contribution in [-0.2, 0) is 14.4 Å². The van der Waals surface area contributed by atoms with E-state index in [-0.39, 0.29) is 30.8 Å². The maximum atomic E-state index is 12.4. The van der Waals surface area contributed by atoms with Gasteiger partial charge < -0.3 is 15.5 Å². The van der Waals surface area contributed by atoms with E-state index in [0.29, 0.717) is 6.54 Å². The van der Waals surface area contributed by atoms with Crippen LogP contribution in [0.15, 0.2) is 30.3 Å². The van der Waals surface area contributed by atoms with Crippen molar-refractivity contribution in [1.82, 2.24) is 9.80 Å². The number of piperazine rings is 1. The maximum Gasteiger partial charge on any atom is 0.245 e. The Morgan fingerprint density at radius 1 is 1.32 bits per heavy atom. The van der Waals surface area contributed by atoms with E-state index in [0.717, 1.165) is 5.56 Å². The van der Waals surface area contributed by atoms with E-state index in [9.17, 15) is 14.4 Å². The summed E-state index contributed by atoms with van der Waals surface area (Å²) in [6, 6.07) is 9.19. The van der Waals surface area contributed by atoms with Crippen LogP contribution in [0.25, 0.3) is 0 Å². The van der Waals surface area contributed by atoms with E-state index in [1.54, 1.807) is 11.8 Å². The summed E-state index contributed by atoms with van der Waals surface area (Å²) in [5.74, 6) is -0.873. The molecule has 0 saturated carbocycles. The van der Waals surface area contributed by atoms with Gasteiger partial charge in [0.25, 0.3) is 0 Å². The zero-order valence-electron chi connectivity index (χ0n) is 12.9. The van der Waals surface area contributed by atoms with Crippen LogP contribution in [0, 0.1) is 0 Å². The Balaban J connectivity index is 2.06. The summed E-state index contributed by atoms with van der Waals surface area (Å²) in [5.41, 5.74) is 6.25. The van der Waals surface area contributed by atoms with Gasteiger partial charge in [0, 0.05) is 6.54 Å². The Morgan fingerprint density at radius 3 is 2.55 bits per heavy atom. The number of carbonyl (C=O) groups excluding carboxylic acids is 3. The van der Waals surface area contributed by atoms with Gasteiger partial charge in [0.1, 0.15) is 12.6 Å². The SMILES string of the molecule is C[C@H](CN1CC(=O)N(CC(N)=O)[C@H](C)C1=O)c1ccccc1. The number of nitrogens with two attached hydrogens (primary N) is 1. The molecule has 2 N–H and O–H groups in total. The minimum absolute atomic E-state index is 0.00632. The summed E-state index contributed by atoms with van der Waals surface area (Å²) >= 11 is 0. The van der Waals surface area contributed by atoms with E-state index in [4.69, 9.17) is 5.73 Å². The second-order valence-electron chi connectivity index (χ2n) is 5.69. The first-order chi connectivity index (χ1) is 10.4. The van der Waals surface area contributed by atoms with Crippen LogP contribution >= 0.6 is 0 Å². The molecule has 2 rings (SSSR count). The van der Waals surface area contributed by atoms with Crippen LogP contribution in [0.2, 0.25) is 0 Å². The molecule has 1 fully saturated rings. The van der Waals surface area contributed by atoms with Crippen LogP contribution < -0.4 is 5.73 Å². The molecule has 1 saturated heterocycles. The standard InChI is InChI=1S/C16H21N3O3/c1-11(13-6-4-3-5-7-13)8-18-10-15(21)19(9-14(17)20)12(2)16(18)22/h3-7,11-12H,8-10H2,1-2H3,(H2,17,20)/t11-,12-/m1/s1. The van der Waals surface area contributed by atoms with Gasteiger partial charge in [0.15, 0.2) is 0 Å². The molecule has 118 valence electrons. The van der Waals surface area contributed by atoms with Crippen molar-refractivity contribution in [2.45, 2.75) is 25.8 Å². The van der Waals surface area contributed by atoms with E-state index < -0.39 is 11.9 Å². The molecule has 6 nitrogen and oxygen atoms in total. The van der Waals surface area contributed by atoms with Crippen LogP contribution in [0.4, 0.5) is 0 Å². The lowest BCUT2D eigenvalue weighted by Gasteiger charge is -2.39. The molecule has 6 heteroatoms. The number of primary amides is 1. The smallest absolute Gasteiger partial charge is 0.245 e. The molecule has 1 aromatic carbocycles. The van der Waals surface area contributed by atoms with Gasteiger partial charge in [-0.2, -0.15) is 0 Å². The van der Waals surface area contributed by atoms with Gasteiger partial charge in [-0.3, -0.25) is 14.4 Å². The largest absolute Gasteiger partial charge is 0.368 e. The number of amides is 3. The molecular formula is C16H21N3O3. The van der Waals surface area contributed by atoms with E-state index in [2.05, 4.69) is 0 Å². The van der Waals surface area contributed by atoms with Crippen LogP contribution in [0.3, 0.4) is 0 Å². The summed E-state index contributed by atoms with van der Waals surface area (Å²) in [4.78, 5) is 38.4. The van der Waals surface area contributed by atoms with Gasteiger partial charge in [-0.1, -0.05) is 37.3 Å². The number of nitrogens with zero attached hydrogens (tertiary/aromatic N) is 2. The topological polar surface area (TPSA) is 83.7 Å². The summed E-state index contributed by atoms with van der Waals surface area (Å²) in [7, 11) is 0. The Bertz CT molecular complexity index is 573. The molecule has 0 unspecified atom stereocenters. The molecule has 1 heterocycles. The fraction of sp³-hybridized carbons (Fsp3) is 0.438. The van der Waals surface area contributed by atoms with Gasteiger partial charge >= 0.3 is 0 Å². The highest BCUT2D eigenvalue weighted by molar-refractivity contribution is 5.96. The molecule has 0 aromatic heterocycles. The third kappa shape index (κ3) is 3.44. The first kappa shape index (κ1) is 16.0. The molecule has 1 aliphatic rings. The highest BCUT2D eigenvalue weighted by Gasteiger charge is 2.37. The molecular weight excluding hydrogens is 282 g/mol. The lowest BCUT2D eigenvalue weighted by molar-refractivity contribution is -0.156. The van der Waals surface area contributed by atoms with Crippen molar-refractivity contribution in [1.29, 1.82) is 0 Å². The molecule has 3 amide bonds. The Hall–Kier alpha value is -2.37. The van der Waals surface area contributed by atoms with Crippen molar-refractivity contribution in [3.8, 4) is 0 Å². The van der Waals surface area contributed by atoms with Crippen LogP contribution in [0.1, 0.15) is 25.3 Å². The lowest BCUT2D eigenvalue weighted by atomic mass is 9.99. The van der Waals surface area contributed by atoms with Crippen molar-refractivity contribution in [3.63, 3.8) is 0 Å². The van der Waals surface area contributed by atoms with Gasteiger partial charge in [-0.25, -0.2) is 0 Å². The van der Waals surface area contributed by atoms with E-state index in [1.165, 1.54) is 4.90 Å². The number of benzene rings is 1. The minimum Gasteiger partial charge on any atom is -0.368 e. The molecule has 0 bridgehead atoms. The predicted molar refractivity (Wildman–Crippen MR) is 81.8 cm³/mol. The number of hydrogen-bond donors (Lipinski definition) is 1. The summed E-state index contributed by atoms with van der Waals surface area (Å²) in [6.07, 6.45) is 0. The Labute approximate surface area is 129 Å². The quantitative estimate of drug-likeness (QED) is 0.851. The van der Waals surface area contributed by atoms with Crippen molar-refractivity contribution in [3.05, 3.63) is 35.9 Å². The summed E-state index contributed by atoms with van der Waals surface area (Å²) < 4.78 is 0. The number of rotatable bonds is 5. The second-order valence-corrected chi connectivity index (χ2v) is 5.69. The van der Waals surface area contributed by atoms with Crippen molar-refractivity contribution in [2.75, 3.05) is 19.6 Å². The minimum atomic E-state index is -0.656. The van der Waals surface area contributed by atoms with Gasteiger partial charge in [-0.15, -0.1) is 0 Å². The lowest BCUT2D eigenvalue weighted by Crippen LogP contribution is -2.60. The number of carbonyl (C=O) groups is 3. The maximum absolute atomic E-state index is 12.4. The molecule has 0 aliphatic carbocycles. The fourth-order valence-corrected chi connectivity index (χ4v) is 2.71. The first-order valence-electron chi connectivity index (χ1n) is 7.31. The Kier molecular flexibility index (Phi) is 4.80. The zero-order valence-corrected chi connectivity index (χ0v) is 12.9. The third-order valence-corrected chi connectivity index (χ3v) is 3.97. The van der Waals surface area contributed by atoms with Gasteiger partial charge in [0.2, 0.25) is 17.7 Å². The molecule has 22 heavy (non-hydrogen) atoms. The average Bonchev–Trinajstić information content (AvgIpc) is 2.49. The number of hydrogen-bond acceptors (Lipinski definition) is 3. The van der Waals surface area contributed by atoms with Crippen LogP contribution in [-0.4, -0.2) is 53.2 Å². The molecule has 1 aromatic rings. The monoisotopic (exact) mass is 303 g/mol. The Morgan fingerprint density at radius 2 is 1.95 bits per heavy atom. The van der Waals surface area contributed by atoms with Crippen molar-refractivity contribution in [2.24, 2.45) is 5.73 Å². The molecule has 1 aliphatic heterocycles. The summed E-state index contributed by atoms with van der Waals surface area (Å²) in [5, 5.41) is 0.